The van der Waals surface area contributed by atoms with Crippen LogP contribution in [0.3, 0.4) is 0 Å². The zero-order valence-corrected chi connectivity index (χ0v) is 10.5. The average Bonchev–Trinajstić information content (AvgIpc) is 2.85. The van der Waals surface area contributed by atoms with E-state index < -0.39 is 0 Å². The third kappa shape index (κ3) is 1.70. The fourth-order valence-electron chi connectivity index (χ4n) is 3.70. The second-order valence-electron chi connectivity index (χ2n) is 6.93. The number of hydrogen-bond donors (Lipinski definition) is 1. The van der Waals surface area contributed by atoms with Gasteiger partial charge in [0, 0.05) is 6.61 Å². The molecule has 3 unspecified atom stereocenters. The number of aliphatic hydroxyl groups excluding tert-OH is 1. The van der Waals surface area contributed by atoms with Crippen molar-refractivity contribution in [3.8, 4) is 0 Å². The third-order valence-corrected chi connectivity index (χ3v) is 5.28. The zero-order valence-electron chi connectivity index (χ0n) is 10.5. The predicted octanol–water partition coefficient (Wildman–Crippen LogP) is 2.74. The summed E-state index contributed by atoms with van der Waals surface area (Å²) < 4.78 is 5.92. The van der Waals surface area contributed by atoms with Gasteiger partial charge in [-0.1, -0.05) is 13.8 Å². The van der Waals surface area contributed by atoms with E-state index in [1.54, 1.807) is 0 Å². The van der Waals surface area contributed by atoms with Crippen LogP contribution in [0.15, 0.2) is 0 Å². The Bertz CT molecular complexity index is 280. The predicted molar refractivity (Wildman–Crippen MR) is 63.2 cm³/mol. The number of ether oxygens (including phenoxy) is 1. The van der Waals surface area contributed by atoms with Gasteiger partial charge in [-0.2, -0.15) is 0 Å². The van der Waals surface area contributed by atoms with Crippen LogP contribution in [-0.4, -0.2) is 23.4 Å². The minimum Gasteiger partial charge on any atom is -0.393 e. The van der Waals surface area contributed by atoms with Crippen LogP contribution in [0.4, 0.5) is 0 Å². The Labute approximate surface area is 98.4 Å². The van der Waals surface area contributed by atoms with Gasteiger partial charge in [-0.25, -0.2) is 0 Å². The Balaban J connectivity index is 1.62. The van der Waals surface area contributed by atoms with Crippen LogP contribution in [0.1, 0.15) is 52.4 Å². The van der Waals surface area contributed by atoms with E-state index in [9.17, 15) is 5.11 Å². The van der Waals surface area contributed by atoms with Crippen molar-refractivity contribution >= 4 is 0 Å². The highest BCUT2D eigenvalue weighted by Crippen LogP contribution is 2.57. The van der Waals surface area contributed by atoms with Crippen LogP contribution in [0, 0.1) is 17.3 Å². The van der Waals surface area contributed by atoms with Crippen LogP contribution in [0.2, 0.25) is 0 Å². The molecule has 2 heteroatoms. The molecule has 0 aromatic rings. The van der Waals surface area contributed by atoms with Crippen LogP contribution in [0.5, 0.6) is 0 Å². The lowest BCUT2D eigenvalue weighted by Gasteiger charge is -2.48. The molecule has 2 nitrogen and oxygen atoms in total. The summed E-state index contributed by atoms with van der Waals surface area (Å²) in [5.41, 5.74) is 0.577. The van der Waals surface area contributed by atoms with E-state index in [4.69, 9.17) is 4.74 Å². The summed E-state index contributed by atoms with van der Waals surface area (Å²) >= 11 is 0. The lowest BCUT2D eigenvalue weighted by molar-refractivity contribution is -0.159. The van der Waals surface area contributed by atoms with E-state index >= 15 is 0 Å². The molecule has 0 bridgehead atoms. The highest BCUT2D eigenvalue weighted by Gasteiger charge is 2.54. The minimum absolute atomic E-state index is 0.0728. The van der Waals surface area contributed by atoms with Crippen molar-refractivity contribution in [3.05, 3.63) is 0 Å². The second kappa shape index (κ2) is 3.46. The quantitative estimate of drug-likeness (QED) is 0.781. The van der Waals surface area contributed by atoms with Gasteiger partial charge >= 0.3 is 0 Å². The van der Waals surface area contributed by atoms with Crippen LogP contribution in [-0.2, 0) is 4.74 Å². The molecule has 3 rings (SSSR count). The monoisotopic (exact) mass is 224 g/mol. The van der Waals surface area contributed by atoms with E-state index in [1.807, 2.05) is 0 Å². The van der Waals surface area contributed by atoms with Gasteiger partial charge < -0.3 is 9.84 Å². The van der Waals surface area contributed by atoms with Crippen LogP contribution in [0.25, 0.3) is 0 Å². The van der Waals surface area contributed by atoms with Crippen molar-refractivity contribution in [3.63, 3.8) is 0 Å². The Morgan fingerprint density at radius 3 is 2.44 bits per heavy atom. The van der Waals surface area contributed by atoms with Gasteiger partial charge in [-0.05, 0) is 55.8 Å². The lowest BCUT2D eigenvalue weighted by atomic mass is 9.70. The van der Waals surface area contributed by atoms with Crippen LogP contribution >= 0.6 is 0 Å². The van der Waals surface area contributed by atoms with Gasteiger partial charge in [-0.15, -0.1) is 0 Å². The standard InChI is InChI=1S/C14H24O2/c1-13(2)9-11(13)12(15)10-4-7-16-14(8-10)5-3-6-14/h10-12,15H,3-9H2,1-2H3. The average molecular weight is 224 g/mol. The van der Waals surface area contributed by atoms with Gasteiger partial charge in [-0.3, -0.25) is 0 Å². The molecule has 3 atom stereocenters. The first-order valence-electron chi connectivity index (χ1n) is 6.85. The Morgan fingerprint density at radius 2 is 1.94 bits per heavy atom. The summed E-state index contributed by atoms with van der Waals surface area (Å²) in [7, 11) is 0. The molecule has 3 fully saturated rings. The summed E-state index contributed by atoms with van der Waals surface area (Å²) in [6.45, 7) is 5.42. The summed E-state index contributed by atoms with van der Waals surface area (Å²) in [5.74, 6) is 1.05. The first-order chi connectivity index (χ1) is 7.53. The van der Waals surface area contributed by atoms with Gasteiger partial charge in [0.05, 0.1) is 11.7 Å². The highest BCUT2D eigenvalue weighted by molar-refractivity contribution is 5.03. The van der Waals surface area contributed by atoms with Crippen molar-refractivity contribution < 1.29 is 9.84 Å². The number of aliphatic hydroxyl groups is 1. The molecule has 0 aromatic heterocycles. The molecule has 1 heterocycles. The number of rotatable bonds is 2. The number of hydrogen-bond acceptors (Lipinski definition) is 2. The molecule has 0 radical (unpaired) electrons. The van der Waals surface area contributed by atoms with Crippen LogP contribution < -0.4 is 0 Å². The van der Waals surface area contributed by atoms with Crippen molar-refractivity contribution in [2.24, 2.45) is 17.3 Å². The van der Waals surface area contributed by atoms with Gasteiger partial charge in [0.15, 0.2) is 0 Å². The Morgan fingerprint density at radius 1 is 1.25 bits per heavy atom. The van der Waals surface area contributed by atoms with E-state index in [0.29, 0.717) is 17.3 Å². The fraction of sp³-hybridized carbons (Fsp3) is 1.00. The fourth-order valence-corrected chi connectivity index (χ4v) is 3.70. The first kappa shape index (κ1) is 11.0. The summed E-state index contributed by atoms with van der Waals surface area (Å²) in [5, 5.41) is 10.4. The van der Waals surface area contributed by atoms with E-state index in [0.717, 1.165) is 19.4 Å². The molecule has 1 aliphatic heterocycles. The van der Waals surface area contributed by atoms with Gasteiger partial charge in [0.2, 0.25) is 0 Å². The second-order valence-corrected chi connectivity index (χ2v) is 6.93. The molecule has 16 heavy (non-hydrogen) atoms. The highest BCUT2D eigenvalue weighted by atomic mass is 16.5. The maximum absolute atomic E-state index is 10.4. The molecule has 0 aromatic carbocycles. The van der Waals surface area contributed by atoms with Crippen molar-refractivity contribution in [1.82, 2.24) is 0 Å². The van der Waals surface area contributed by atoms with E-state index in [1.165, 1.54) is 25.7 Å². The Kier molecular flexibility index (Phi) is 2.38. The Hall–Kier alpha value is -0.0800. The molecular formula is C14H24O2. The molecule has 1 spiro atoms. The molecule has 2 saturated carbocycles. The molecule has 1 saturated heterocycles. The zero-order chi connectivity index (χ0) is 11.4. The first-order valence-corrected chi connectivity index (χ1v) is 6.85. The smallest absolute Gasteiger partial charge is 0.0686 e. The van der Waals surface area contributed by atoms with E-state index in [2.05, 4.69) is 13.8 Å². The SMILES string of the molecule is CC1(C)CC1C(O)C1CCOC2(CCC2)C1. The molecule has 92 valence electrons. The molecule has 1 N–H and O–H groups in total. The minimum atomic E-state index is -0.0728. The summed E-state index contributed by atoms with van der Waals surface area (Å²) in [6, 6.07) is 0. The maximum Gasteiger partial charge on any atom is 0.0686 e. The topological polar surface area (TPSA) is 29.5 Å². The van der Waals surface area contributed by atoms with Crippen molar-refractivity contribution in [2.75, 3.05) is 6.61 Å². The van der Waals surface area contributed by atoms with Crippen molar-refractivity contribution in [2.45, 2.75) is 64.1 Å². The maximum atomic E-state index is 10.4. The van der Waals surface area contributed by atoms with Gasteiger partial charge in [0.25, 0.3) is 0 Å². The molecule has 0 amide bonds. The summed E-state index contributed by atoms with van der Waals surface area (Å²) in [4.78, 5) is 0. The largest absolute Gasteiger partial charge is 0.393 e. The van der Waals surface area contributed by atoms with Crippen molar-refractivity contribution in [1.29, 1.82) is 0 Å². The van der Waals surface area contributed by atoms with E-state index in [-0.39, 0.29) is 11.7 Å². The third-order valence-electron chi connectivity index (χ3n) is 5.28. The molecule has 2 aliphatic carbocycles. The van der Waals surface area contributed by atoms with Gasteiger partial charge in [0.1, 0.15) is 0 Å². The lowest BCUT2D eigenvalue weighted by Crippen LogP contribution is -2.48. The normalized spacial score (nSPS) is 41.4. The molecule has 3 aliphatic rings. The summed E-state index contributed by atoms with van der Waals surface area (Å²) in [6.07, 6.45) is 7.08. The molecular weight excluding hydrogens is 200 g/mol.